The highest BCUT2D eigenvalue weighted by atomic mass is 16.5. The number of imide groups is 1. The molecule has 0 aromatic carbocycles. The molecule has 70 heavy (non-hydrogen) atoms. The minimum Gasteiger partial charge on any atom is -0.466 e. The highest BCUT2D eigenvalue weighted by Gasteiger charge is 2.25. The second-order valence-electron chi connectivity index (χ2n) is 17.4. The van der Waals surface area contributed by atoms with Crippen molar-refractivity contribution in [2.24, 2.45) is 0 Å². The van der Waals surface area contributed by atoms with Crippen LogP contribution >= 0.6 is 0 Å². The number of carbonyl (C=O) groups is 7. The molecule has 8 bridgehead atoms. The van der Waals surface area contributed by atoms with Gasteiger partial charge in [0.05, 0.1) is 42.6 Å². The van der Waals surface area contributed by atoms with Gasteiger partial charge in [-0.2, -0.15) is 0 Å². The lowest BCUT2D eigenvalue weighted by Gasteiger charge is -2.13. The second-order valence-corrected chi connectivity index (χ2v) is 17.4. The fourth-order valence-corrected chi connectivity index (χ4v) is 8.88. The molecule has 0 unspecified atom stereocenters. The zero-order valence-corrected chi connectivity index (χ0v) is 41.4. The van der Waals surface area contributed by atoms with Crippen LogP contribution in [0.3, 0.4) is 0 Å². The van der Waals surface area contributed by atoms with Crippen LogP contribution in [0.4, 0.5) is 0 Å². The average Bonchev–Trinajstić information content (AvgIpc) is 4.06. The Balaban J connectivity index is 1.35. The van der Waals surface area contributed by atoms with Crippen molar-refractivity contribution in [2.45, 2.75) is 119 Å². The molecule has 0 saturated carbocycles. The SMILES string of the molecule is CCOC(=O)CCC1=C(C)c2cc3[nH]c(cc4[nH]c(cc5nc(cc1n2)C(C)=C5CCC(=O)OCC)c(C)c4CCC(=O)NCCCNC(=O)CCCN1C(=O)C=CC1=O)c(C)c3CCC(=O)OCC. The first kappa shape index (κ1) is 52.2. The monoisotopic (exact) mass is 959 g/mol. The zero-order chi connectivity index (χ0) is 50.5. The number of aryl methyl sites for hydroxylation is 4. The van der Waals surface area contributed by atoms with Crippen LogP contribution in [0.5, 0.6) is 0 Å². The number of fused-ring (bicyclic) bond motifs is 8. The first-order chi connectivity index (χ1) is 33.6. The van der Waals surface area contributed by atoms with E-state index in [1.807, 2.05) is 52.0 Å². The second kappa shape index (κ2) is 24.4. The van der Waals surface area contributed by atoms with Gasteiger partial charge in [0, 0.05) is 86.0 Å². The number of aromatic amines is 2. The van der Waals surface area contributed by atoms with Crippen molar-refractivity contribution in [1.29, 1.82) is 0 Å². The maximum atomic E-state index is 13.3. The molecule has 4 amide bonds. The molecular formula is C53H65N7O10. The van der Waals surface area contributed by atoms with Gasteiger partial charge in [0.15, 0.2) is 0 Å². The number of carbonyl (C=O) groups excluding carboxylic acids is 7. The van der Waals surface area contributed by atoms with Gasteiger partial charge < -0.3 is 34.8 Å². The molecule has 0 spiro atoms. The van der Waals surface area contributed by atoms with Crippen LogP contribution in [0.1, 0.15) is 137 Å². The quantitative estimate of drug-likeness (QED) is 0.0319. The predicted molar refractivity (Wildman–Crippen MR) is 266 cm³/mol. The summed E-state index contributed by atoms with van der Waals surface area (Å²) in [5.41, 5.74) is 13.1. The Hall–Kier alpha value is -7.17. The van der Waals surface area contributed by atoms with E-state index in [1.54, 1.807) is 20.8 Å². The first-order valence-electron chi connectivity index (χ1n) is 24.3. The van der Waals surface area contributed by atoms with E-state index < -0.39 is 0 Å². The molecule has 372 valence electrons. The third-order valence-electron chi connectivity index (χ3n) is 12.7. The lowest BCUT2D eigenvalue weighted by molar-refractivity contribution is -0.143. The number of esters is 3. The molecule has 3 aliphatic rings. The van der Waals surface area contributed by atoms with Crippen molar-refractivity contribution >= 4 is 85.9 Å². The number of ether oxygens (including phenoxy) is 3. The van der Waals surface area contributed by atoms with Crippen molar-refractivity contribution in [2.75, 3.05) is 39.5 Å². The Morgan fingerprint density at radius 3 is 1.49 bits per heavy atom. The van der Waals surface area contributed by atoms with E-state index in [2.05, 4.69) is 20.6 Å². The summed E-state index contributed by atoms with van der Waals surface area (Å²) in [7, 11) is 0. The van der Waals surface area contributed by atoms with Crippen molar-refractivity contribution < 1.29 is 47.8 Å². The fourth-order valence-electron chi connectivity index (χ4n) is 8.88. The van der Waals surface area contributed by atoms with Gasteiger partial charge in [0.1, 0.15) is 0 Å². The number of nitrogens with one attached hydrogen (secondary N) is 4. The Labute approximate surface area is 407 Å². The summed E-state index contributed by atoms with van der Waals surface area (Å²) in [6.45, 7) is 15.0. The fraction of sp³-hybridized carbons (Fsp3) is 0.453. The van der Waals surface area contributed by atoms with Crippen LogP contribution in [0.25, 0.3) is 44.4 Å². The maximum absolute atomic E-state index is 13.3. The minimum absolute atomic E-state index is 0.155. The summed E-state index contributed by atoms with van der Waals surface area (Å²) < 4.78 is 15.9. The molecule has 3 aliphatic heterocycles. The predicted octanol–water partition coefficient (Wildman–Crippen LogP) is 7.24. The van der Waals surface area contributed by atoms with E-state index >= 15 is 0 Å². The van der Waals surface area contributed by atoms with Crippen LogP contribution in [0.15, 0.2) is 36.4 Å². The Kier molecular flexibility index (Phi) is 18.2. The molecule has 17 heteroatoms. The summed E-state index contributed by atoms with van der Waals surface area (Å²) >= 11 is 0. The van der Waals surface area contributed by atoms with Crippen LogP contribution in [-0.2, 0) is 60.6 Å². The van der Waals surface area contributed by atoms with Gasteiger partial charge in [0.2, 0.25) is 11.8 Å². The van der Waals surface area contributed by atoms with Gasteiger partial charge in [-0.1, -0.05) is 0 Å². The topological polar surface area (TPSA) is 232 Å². The van der Waals surface area contributed by atoms with Crippen LogP contribution < -0.4 is 10.6 Å². The van der Waals surface area contributed by atoms with Crippen molar-refractivity contribution in [1.82, 2.24) is 35.5 Å². The average molecular weight is 960 g/mol. The van der Waals surface area contributed by atoms with Gasteiger partial charge in [-0.3, -0.25) is 38.5 Å². The van der Waals surface area contributed by atoms with Gasteiger partial charge in [-0.15, -0.1) is 0 Å². The Bertz CT molecular complexity index is 2790. The summed E-state index contributed by atoms with van der Waals surface area (Å²) in [6.07, 6.45) is 5.71. The van der Waals surface area contributed by atoms with E-state index in [0.29, 0.717) is 74.4 Å². The molecule has 4 N–H and O–H groups in total. The highest BCUT2D eigenvalue weighted by molar-refractivity contribution is 6.12. The van der Waals surface area contributed by atoms with Crippen molar-refractivity contribution in [3.05, 3.63) is 81.4 Å². The van der Waals surface area contributed by atoms with Gasteiger partial charge in [-0.25, -0.2) is 9.97 Å². The van der Waals surface area contributed by atoms with E-state index in [9.17, 15) is 33.6 Å². The summed E-state index contributed by atoms with van der Waals surface area (Å²) in [4.78, 5) is 106. The number of rotatable bonds is 23. The maximum Gasteiger partial charge on any atom is 0.306 e. The normalized spacial score (nSPS) is 13.3. The van der Waals surface area contributed by atoms with Crippen molar-refractivity contribution in [3.8, 4) is 0 Å². The van der Waals surface area contributed by atoms with E-state index in [0.717, 1.165) is 71.5 Å². The summed E-state index contributed by atoms with van der Waals surface area (Å²) in [6, 6.07) is 7.92. The largest absolute Gasteiger partial charge is 0.466 e. The smallest absolute Gasteiger partial charge is 0.306 e. The molecular weight excluding hydrogens is 895 g/mol. The molecule has 0 aliphatic carbocycles. The summed E-state index contributed by atoms with van der Waals surface area (Å²) in [5.74, 6) is -2.02. The zero-order valence-electron chi connectivity index (χ0n) is 41.4. The molecule has 6 heterocycles. The third-order valence-corrected chi connectivity index (χ3v) is 12.7. The van der Waals surface area contributed by atoms with E-state index in [-0.39, 0.29) is 100 Å². The van der Waals surface area contributed by atoms with Gasteiger partial charge in [-0.05, 0) is 156 Å². The van der Waals surface area contributed by atoms with E-state index in [1.165, 1.54) is 12.2 Å². The molecule has 0 atom stereocenters. The Morgan fingerprint density at radius 2 is 0.957 bits per heavy atom. The third kappa shape index (κ3) is 13.1. The number of nitrogens with zero attached hydrogens (tertiary/aromatic N) is 3. The first-order valence-corrected chi connectivity index (χ1v) is 24.3. The molecule has 6 rings (SSSR count). The molecule has 0 fully saturated rings. The molecule has 3 aromatic heterocycles. The lowest BCUT2D eigenvalue weighted by Crippen LogP contribution is -2.33. The minimum atomic E-state index is -0.375. The van der Waals surface area contributed by atoms with Crippen LogP contribution in [-0.4, -0.2) is 106 Å². The Morgan fingerprint density at radius 1 is 0.529 bits per heavy atom. The van der Waals surface area contributed by atoms with Gasteiger partial charge >= 0.3 is 17.9 Å². The number of hydrogen-bond donors (Lipinski definition) is 4. The van der Waals surface area contributed by atoms with E-state index in [4.69, 9.17) is 24.2 Å². The molecule has 3 aromatic rings. The number of allylic oxidation sites excluding steroid dienone is 4. The molecule has 0 saturated heterocycles. The number of H-pyrrole nitrogens is 2. The van der Waals surface area contributed by atoms with Crippen LogP contribution in [0.2, 0.25) is 0 Å². The van der Waals surface area contributed by atoms with Crippen molar-refractivity contribution in [3.63, 3.8) is 0 Å². The highest BCUT2D eigenvalue weighted by Crippen LogP contribution is 2.38. The number of hydrogen-bond acceptors (Lipinski definition) is 12. The lowest BCUT2D eigenvalue weighted by atomic mass is 9.98. The molecule has 17 nitrogen and oxygen atoms in total. The number of amides is 4. The van der Waals surface area contributed by atoms with Gasteiger partial charge in [0.25, 0.3) is 11.8 Å². The summed E-state index contributed by atoms with van der Waals surface area (Å²) in [5, 5.41) is 5.80. The standard InChI is InChI=1S/C53H65N7O10/c1-8-68-51(65)21-15-36-32(5)40-27-43-35(14-18-48(62)55-25-12-24-54-47(61)13-11-26-60-49(63)19-20-50(60)64)31(4)39(56-43)28-44-37(16-22-52(66)69-9-2)33(6)41(58-44)30-46-38(17-23-53(67)70-10-3)34(7)42(59-46)29-45(36)57-40/h19-20,27-30,56-57H,8-18,21-26H2,1-7H3,(H,54,61)(H,55,62). The van der Waals surface area contributed by atoms with Crippen LogP contribution in [0, 0.1) is 13.8 Å². The molecule has 0 radical (unpaired) electrons. The number of aromatic nitrogens is 4.